The van der Waals surface area contributed by atoms with Crippen LogP contribution in [0.1, 0.15) is 37.6 Å². The molecule has 1 N–H and O–H groups in total. The minimum absolute atomic E-state index is 0.351. The fraction of sp³-hybridized carbons (Fsp3) is 0.286. The van der Waals surface area contributed by atoms with Gasteiger partial charge < -0.3 is 14.5 Å². The van der Waals surface area contributed by atoms with E-state index in [9.17, 15) is 4.79 Å². The number of aromatic nitrogens is 3. The molecule has 3 heterocycles. The summed E-state index contributed by atoms with van der Waals surface area (Å²) in [4.78, 5) is 17.4. The van der Waals surface area contributed by atoms with Gasteiger partial charge in [0.15, 0.2) is 0 Å². The van der Waals surface area contributed by atoms with Crippen molar-refractivity contribution in [2.75, 3.05) is 11.9 Å². The Hall–Kier alpha value is -2.71. The maximum atomic E-state index is 12.8. The first-order valence-corrected chi connectivity index (χ1v) is 11.0. The number of ether oxygens (including phenoxy) is 1. The van der Waals surface area contributed by atoms with Crippen LogP contribution in [-0.4, -0.2) is 27.3 Å². The Kier molecular flexibility index (Phi) is 6.15. The van der Waals surface area contributed by atoms with Gasteiger partial charge in [0, 0.05) is 16.5 Å². The standard InChI is InChI=1S/C21H21ClN4O3S/c1-3-10-29-19(27)17-13(2)23-20-24-21(30-12-14-7-4-5-8-15(14)22)25-26(20)18(17)16-9-6-11-28-16/h4-9,11,18H,3,10,12H2,1-2H3,(H,23,24,25). The SMILES string of the molecule is CCCOC(=O)C1=C(C)Nc2nc(SCc3ccccc3Cl)nn2C1c1ccco1. The van der Waals surface area contributed by atoms with Gasteiger partial charge in [0.2, 0.25) is 11.1 Å². The molecule has 1 unspecified atom stereocenters. The third-order valence-electron chi connectivity index (χ3n) is 4.62. The lowest BCUT2D eigenvalue weighted by Gasteiger charge is -2.26. The average Bonchev–Trinajstić information content (AvgIpc) is 3.40. The molecule has 1 aromatic carbocycles. The Bertz CT molecular complexity index is 1080. The van der Waals surface area contributed by atoms with Crippen LogP contribution in [0.5, 0.6) is 0 Å². The minimum atomic E-state index is -0.553. The van der Waals surface area contributed by atoms with Crippen LogP contribution in [0.15, 0.2) is 63.5 Å². The molecular formula is C21H21ClN4O3S. The zero-order chi connectivity index (χ0) is 21.1. The Labute approximate surface area is 183 Å². The van der Waals surface area contributed by atoms with Crippen molar-refractivity contribution in [3.05, 3.63) is 70.3 Å². The number of anilines is 1. The number of allylic oxidation sites excluding steroid dienone is 1. The summed E-state index contributed by atoms with van der Waals surface area (Å²) in [6.45, 7) is 4.13. The highest BCUT2D eigenvalue weighted by atomic mass is 35.5. The molecule has 2 aromatic heterocycles. The van der Waals surface area contributed by atoms with Crippen LogP contribution in [-0.2, 0) is 15.3 Å². The predicted molar refractivity (Wildman–Crippen MR) is 115 cm³/mol. The van der Waals surface area contributed by atoms with Gasteiger partial charge in [-0.15, -0.1) is 5.10 Å². The van der Waals surface area contributed by atoms with Crippen molar-refractivity contribution >= 4 is 35.3 Å². The Balaban J connectivity index is 1.64. The fourth-order valence-electron chi connectivity index (χ4n) is 3.20. The largest absolute Gasteiger partial charge is 0.467 e. The number of esters is 1. The van der Waals surface area contributed by atoms with Gasteiger partial charge in [-0.3, -0.25) is 0 Å². The van der Waals surface area contributed by atoms with E-state index in [-0.39, 0.29) is 0 Å². The Morgan fingerprint density at radius 2 is 2.17 bits per heavy atom. The highest BCUT2D eigenvalue weighted by molar-refractivity contribution is 7.98. The first-order chi connectivity index (χ1) is 14.6. The number of fused-ring (bicyclic) bond motifs is 1. The van der Waals surface area contributed by atoms with Gasteiger partial charge >= 0.3 is 5.97 Å². The van der Waals surface area contributed by atoms with E-state index >= 15 is 0 Å². The molecule has 4 rings (SSSR count). The van der Waals surface area contributed by atoms with Crippen molar-refractivity contribution in [2.45, 2.75) is 37.2 Å². The van der Waals surface area contributed by atoms with E-state index in [1.165, 1.54) is 11.8 Å². The van der Waals surface area contributed by atoms with Crippen LogP contribution < -0.4 is 5.32 Å². The third-order valence-corrected chi connectivity index (χ3v) is 5.87. The number of hydrogen-bond donors (Lipinski definition) is 1. The van der Waals surface area contributed by atoms with Crippen LogP contribution >= 0.6 is 23.4 Å². The molecule has 0 bridgehead atoms. The third kappa shape index (κ3) is 4.11. The van der Waals surface area contributed by atoms with Gasteiger partial charge in [0.05, 0.1) is 18.4 Å². The summed E-state index contributed by atoms with van der Waals surface area (Å²) < 4.78 is 12.7. The summed E-state index contributed by atoms with van der Waals surface area (Å²) >= 11 is 7.73. The number of furan rings is 1. The van der Waals surface area contributed by atoms with E-state index in [0.29, 0.717) is 45.5 Å². The van der Waals surface area contributed by atoms with Gasteiger partial charge in [-0.2, -0.15) is 4.98 Å². The number of halogens is 1. The van der Waals surface area contributed by atoms with Crippen molar-refractivity contribution in [1.82, 2.24) is 14.8 Å². The summed E-state index contributed by atoms with van der Waals surface area (Å²) in [5.41, 5.74) is 2.13. The molecule has 30 heavy (non-hydrogen) atoms. The zero-order valence-electron chi connectivity index (χ0n) is 16.6. The van der Waals surface area contributed by atoms with Gasteiger partial charge in [0.25, 0.3) is 0 Å². The smallest absolute Gasteiger partial charge is 0.338 e. The lowest BCUT2D eigenvalue weighted by molar-refractivity contribution is -0.139. The second kappa shape index (κ2) is 8.97. The minimum Gasteiger partial charge on any atom is -0.467 e. The number of nitrogens with zero attached hydrogens (tertiary/aromatic N) is 3. The summed E-state index contributed by atoms with van der Waals surface area (Å²) in [7, 11) is 0. The number of thioether (sulfide) groups is 1. The molecule has 7 nitrogen and oxygen atoms in total. The van der Waals surface area contributed by atoms with Crippen LogP contribution in [0.2, 0.25) is 5.02 Å². The molecule has 156 valence electrons. The molecule has 1 atom stereocenters. The van der Waals surface area contributed by atoms with Crippen molar-refractivity contribution in [3.63, 3.8) is 0 Å². The number of carbonyl (C=O) groups excluding carboxylic acids is 1. The topological polar surface area (TPSA) is 82.2 Å². The molecular weight excluding hydrogens is 424 g/mol. The van der Waals surface area contributed by atoms with Gasteiger partial charge in [-0.1, -0.05) is 48.5 Å². The highest BCUT2D eigenvalue weighted by Crippen LogP contribution is 2.37. The maximum Gasteiger partial charge on any atom is 0.338 e. The Morgan fingerprint density at radius 3 is 2.90 bits per heavy atom. The van der Waals surface area contributed by atoms with Gasteiger partial charge in [-0.05, 0) is 37.1 Å². The molecule has 1 aliphatic rings. The second-order valence-corrected chi connectivity index (χ2v) is 8.11. The van der Waals surface area contributed by atoms with Crippen molar-refractivity contribution in [2.24, 2.45) is 0 Å². The molecule has 3 aromatic rings. The number of hydrogen-bond acceptors (Lipinski definition) is 7. The van der Waals surface area contributed by atoms with Crippen molar-refractivity contribution in [1.29, 1.82) is 0 Å². The van der Waals surface area contributed by atoms with Crippen LogP contribution in [0, 0.1) is 0 Å². The molecule has 0 fully saturated rings. The molecule has 9 heteroatoms. The molecule has 0 aliphatic carbocycles. The molecule has 0 saturated heterocycles. The Morgan fingerprint density at radius 1 is 1.33 bits per heavy atom. The lowest BCUT2D eigenvalue weighted by Crippen LogP contribution is -2.29. The van der Waals surface area contributed by atoms with E-state index in [1.807, 2.05) is 44.2 Å². The summed E-state index contributed by atoms with van der Waals surface area (Å²) in [5, 5.41) is 9.10. The van der Waals surface area contributed by atoms with Gasteiger partial charge in [-0.25, -0.2) is 9.48 Å². The molecule has 0 saturated carbocycles. The molecule has 0 radical (unpaired) electrons. The first kappa shape index (κ1) is 20.6. The highest BCUT2D eigenvalue weighted by Gasteiger charge is 2.36. The van der Waals surface area contributed by atoms with E-state index in [0.717, 1.165) is 12.0 Å². The number of nitrogens with one attached hydrogen (secondary N) is 1. The van der Waals surface area contributed by atoms with Crippen LogP contribution in [0.3, 0.4) is 0 Å². The van der Waals surface area contributed by atoms with E-state index in [4.69, 9.17) is 20.8 Å². The van der Waals surface area contributed by atoms with E-state index < -0.39 is 12.0 Å². The molecule has 0 spiro atoms. The molecule has 0 amide bonds. The number of rotatable bonds is 7. The van der Waals surface area contributed by atoms with E-state index in [2.05, 4.69) is 15.4 Å². The van der Waals surface area contributed by atoms with Crippen LogP contribution in [0.25, 0.3) is 0 Å². The summed E-state index contributed by atoms with van der Waals surface area (Å²) in [5.74, 6) is 1.37. The summed E-state index contributed by atoms with van der Waals surface area (Å²) in [6.07, 6.45) is 2.32. The lowest BCUT2D eigenvalue weighted by atomic mass is 10.0. The quantitative estimate of drug-likeness (QED) is 0.403. The zero-order valence-corrected chi connectivity index (χ0v) is 18.2. The summed E-state index contributed by atoms with van der Waals surface area (Å²) in [6, 6.07) is 10.7. The van der Waals surface area contributed by atoms with E-state index in [1.54, 1.807) is 17.0 Å². The first-order valence-electron chi connectivity index (χ1n) is 9.59. The van der Waals surface area contributed by atoms with Gasteiger partial charge in [0.1, 0.15) is 11.8 Å². The van der Waals surface area contributed by atoms with Crippen LogP contribution in [0.4, 0.5) is 5.95 Å². The maximum absolute atomic E-state index is 12.8. The normalized spacial score (nSPS) is 15.6. The number of carbonyl (C=O) groups is 1. The average molecular weight is 445 g/mol. The fourth-order valence-corrected chi connectivity index (χ4v) is 4.31. The number of benzene rings is 1. The van der Waals surface area contributed by atoms with Crippen molar-refractivity contribution in [3.8, 4) is 0 Å². The molecule has 1 aliphatic heterocycles. The predicted octanol–water partition coefficient (Wildman–Crippen LogP) is 5.06. The monoisotopic (exact) mass is 444 g/mol. The van der Waals surface area contributed by atoms with Crippen molar-refractivity contribution < 1.29 is 13.9 Å². The second-order valence-electron chi connectivity index (χ2n) is 6.76.